The molecule has 0 aliphatic heterocycles. The van der Waals surface area contributed by atoms with Gasteiger partial charge in [0.05, 0.1) is 6.61 Å². The van der Waals surface area contributed by atoms with Crippen LogP contribution >= 0.6 is 0 Å². The molecule has 1 aliphatic rings. The van der Waals surface area contributed by atoms with Crippen LogP contribution in [0.15, 0.2) is 0 Å². The number of carbonyl (C=O) groups excluding carboxylic acids is 1. The standard InChI is InChI=1S/C12H24N2O2/c1-9(7-11(16)14(3)4)13-12(2,8-15)10-5-6-10/h9-10,13,15H,5-8H2,1-4H3. The summed E-state index contributed by atoms with van der Waals surface area (Å²) in [6.45, 7) is 4.18. The minimum atomic E-state index is -0.216. The van der Waals surface area contributed by atoms with Gasteiger partial charge in [-0.1, -0.05) is 0 Å². The molecular formula is C12H24N2O2. The van der Waals surface area contributed by atoms with E-state index >= 15 is 0 Å². The Morgan fingerprint density at radius 1 is 1.56 bits per heavy atom. The van der Waals surface area contributed by atoms with Gasteiger partial charge < -0.3 is 15.3 Å². The average molecular weight is 228 g/mol. The summed E-state index contributed by atoms with van der Waals surface area (Å²) in [5.41, 5.74) is -0.216. The van der Waals surface area contributed by atoms with Crippen molar-refractivity contribution in [3.05, 3.63) is 0 Å². The van der Waals surface area contributed by atoms with E-state index in [2.05, 4.69) is 5.32 Å². The molecule has 4 heteroatoms. The van der Waals surface area contributed by atoms with E-state index in [1.165, 1.54) is 12.8 Å². The van der Waals surface area contributed by atoms with Crippen LogP contribution in [0.2, 0.25) is 0 Å². The Balaban J connectivity index is 2.43. The molecule has 0 aromatic heterocycles. The molecule has 1 aliphatic carbocycles. The molecule has 94 valence electrons. The summed E-state index contributed by atoms with van der Waals surface area (Å²) in [5.74, 6) is 0.686. The van der Waals surface area contributed by atoms with Crippen molar-refractivity contribution in [3.63, 3.8) is 0 Å². The number of aliphatic hydroxyl groups is 1. The maximum Gasteiger partial charge on any atom is 0.223 e. The normalized spacial score (nSPS) is 21.3. The number of hydrogen-bond acceptors (Lipinski definition) is 3. The first-order valence-electron chi connectivity index (χ1n) is 5.97. The lowest BCUT2D eigenvalue weighted by Gasteiger charge is -2.32. The highest BCUT2D eigenvalue weighted by Gasteiger charge is 2.41. The van der Waals surface area contributed by atoms with Crippen molar-refractivity contribution < 1.29 is 9.90 Å². The van der Waals surface area contributed by atoms with Gasteiger partial charge in [-0.05, 0) is 32.6 Å². The van der Waals surface area contributed by atoms with Crippen LogP contribution in [0, 0.1) is 5.92 Å². The van der Waals surface area contributed by atoms with Crippen molar-refractivity contribution >= 4 is 5.91 Å². The van der Waals surface area contributed by atoms with Crippen molar-refractivity contribution in [3.8, 4) is 0 Å². The Morgan fingerprint density at radius 2 is 2.12 bits per heavy atom. The number of carbonyl (C=O) groups is 1. The lowest BCUT2D eigenvalue weighted by molar-refractivity contribution is -0.129. The molecule has 0 aromatic rings. The average Bonchev–Trinajstić information content (AvgIpc) is 3.00. The zero-order valence-corrected chi connectivity index (χ0v) is 10.8. The summed E-state index contributed by atoms with van der Waals surface area (Å²) in [7, 11) is 3.53. The molecule has 0 saturated heterocycles. The van der Waals surface area contributed by atoms with Crippen LogP contribution in [0.25, 0.3) is 0 Å². The monoisotopic (exact) mass is 228 g/mol. The Kier molecular flexibility index (Phi) is 4.33. The minimum Gasteiger partial charge on any atom is -0.394 e. The molecule has 1 rings (SSSR count). The van der Waals surface area contributed by atoms with Crippen molar-refractivity contribution in [2.45, 2.75) is 44.7 Å². The zero-order valence-electron chi connectivity index (χ0n) is 10.8. The molecule has 0 heterocycles. The number of nitrogens with one attached hydrogen (secondary N) is 1. The fraction of sp³-hybridized carbons (Fsp3) is 0.917. The third-order valence-electron chi connectivity index (χ3n) is 3.36. The number of hydrogen-bond donors (Lipinski definition) is 2. The molecular weight excluding hydrogens is 204 g/mol. The summed E-state index contributed by atoms with van der Waals surface area (Å²) in [4.78, 5) is 13.1. The van der Waals surface area contributed by atoms with E-state index < -0.39 is 0 Å². The van der Waals surface area contributed by atoms with E-state index in [1.54, 1.807) is 19.0 Å². The van der Waals surface area contributed by atoms with E-state index in [-0.39, 0.29) is 24.1 Å². The number of aliphatic hydroxyl groups excluding tert-OH is 1. The molecule has 16 heavy (non-hydrogen) atoms. The van der Waals surface area contributed by atoms with Crippen molar-refractivity contribution in [2.75, 3.05) is 20.7 Å². The van der Waals surface area contributed by atoms with Crippen LogP contribution in [-0.4, -0.2) is 48.2 Å². The number of nitrogens with zero attached hydrogens (tertiary/aromatic N) is 1. The van der Waals surface area contributed by atoms with Gasteiger partial charge in [-0.15, -0.1) is 0 Å². The van der Waals surface area contributed by atoms with E-state index in [0.717, 1.165) is 0 Å². The topological polar surface area (TPSA) is 52.6 Å². The van der Waals surface area contributed by atoms with Crippen LogP contribution in [0.4, 0.5) is 0 Å². The van der Waals surface area contributed by atoms with E-state index in [9.17, 15) is 9.90 Å². The molecule has 4 nitrogen and oxygen atoms in total. The molecule has 1 amide bonds. The summed E-state index contributed by atoms with van der Waals surface area (Å²) < 4.78 is 0. The van der Waals surface area contributed by atoms with Crippen LogP contribution < -0.4 is 5.32 Å². The van der Waals surface area contributed by atoms with Crippen LogP contribution in [-0.2, 0) is 4.79 Å². The molecule has 0 bridgehead atoms. The largest absolute Gasteiger partial charge is 0.394 e. The lowest BCUT2D eigenvalue weighted by Crippen LogP contribution is -2.52. The molecule has 0 spiro atoms. The summed E-state index contributed by atoms with van der Waals surface area (Å²) in [5, 5.41) is 12.8. The maximum atomic E-state index is 11.5. The van der Waals surface area contributed by atoms with Gasteiger partial charge in [0, 0.05) is 32.1 Å². The van der Waals surface area contributed by atoms with Crippen LogP contribution in [0.3, 0.4) is 0 Å². The summed E-state index contributed by atoms with van der Waals surface area (Å²) >= 11 is 0. The van der Waals surface area contributed by atoms with Gasteiger partial charge in [0.25, 0.3) is 0 Å². The predicted molar refractivity (Wildman–Crippen MR) is 64.1 cm³/mol. The number of rotatable bonds is 6. The van der Waals surface area contributed by atoms with E-state index in [4.69, 9.17) is 0 Å². The molecule has 2 unspecified atom stereocenters. The predicted octanol–water partition coefficient (Wildman–Crippen LogP) is 0.604. The smallest absolute Gasteiger partial charge is 0.223 e. The Bertz CT molecular complexity index is 251. The highest BCUT2D eigenvalue weighted by molar-refractivity contribution is 5.76. The fourth-order valence-corrected chi connectivity index (χ4v) is 2.07. The van der Waals surface area contributed by atoms with Crippen molar-refractivity contribution in [1.29, 1.82) is 0 Å². The van der Waals surface area contributed by atoms with Gasteiger partial charge in [0.15, 0.2) is 0 Å². The summed E-state index contributed by atoms with van der Waals surface area (Å²) in [6, 6.07) is 0.104. The van der Waals surface area contributed by atoms with Crippen LogP contribution in [0.5, 0.6) is 0 Å². The highest BCUT2D eigenvalue weighted by Crippen LogP contribution is 2.39. The molecule has 2 atom stereocenters. The van der Waals surface area contributed by atoms with Crippen molar-refractivity contribution in [2.24, 2.45) is 5.92 Å². The fourth-order valence-electron chi connectivity index (χ4n) is 2.07. The molecule has 2 N–H and O–H groups in total. The third kappa shape index (κ3) is 3.46. The molecule has 1 saturated carbocycles. The number of amides is 1. The van der Waals surface area contributed by atoms with Crippen molar-refractivity contribution in [1.82, 2.24) is 10.2 Å². The highest BCUT2D eigenvalue weighted by atomic mass is 16.3. The lowest BCUT2D eigenvalue weighted by atomic mass is 9.95. The van der Waals surface area contributed by atoms with Gasteiger partial charge in [0.1, 0.15) is 0 Å². The Morgan fingerprint density at radius 3 is 2.50 bits per heavy atom. The van der Waals surface area contributed by atoms with Gasteiger partial charge in [-0.2, -0.15) is 0 Å². The van der Waals surface area contributed by atoms with Gasteiger partial charge >= 0.3 is 0 Å². The first-order valence-corrected chi connectivity index (χ1v) is 5.97. The summed E-state index contributed by atoms with van der Waals surface area (Å²) in [6.07, 6.45) is 2.84. The maximum absolute atomic E-state index is 11.5. The first kappa shape index (κ1) is 13.5. The quantitative estimate of drug-likeness (QED) is 0.700. The molecule has 1 fully saturated rings. The molecule has 0 aromatic carbocycles. The first-order chi connectivity index (χ1) is 7.39. The third-order valence-corrected chi connectivity index (χ3v) is 3.36. The van der Waals surface area contributed by atoms with Gasteiger partial charge in [0.2, 0.25) is 5.91 Å². The second kappa shape index (κ2) is 5.15. The minimum absolute atomic E-state index is 0.104. The molecule has 0 radical (unpaired) electrons. The zero-order chi connectivity index (χ0) is 12.3. The second-order valence-corrected chi connectivity index (χ2v) is 5.39. The van der Waals surface area contributed by atoms with Crippen LogP contribution in [0.1, 0.15) is 33.1 Å². The Hall–Kier alpha value is -0.610. The van der Waals surface area contributed by atoms with Gasteiger partial charge in [-0.25, -0.2) is 0 Å². The van der Waals surface area contributed by atoms with E-state index in [0.29, 0.717) is 12.3 Å². The Labute approximate surface area is 98.0 Å². The van der Waals surface area contributed by atoms with E-state index in [1.807, 2.05) is 13.8 Å². The SMILES string of the molecule is CC(CC(=O)N(C)C)NC(C)(CO)C1CC1. The van der Waals surface area contributed by atoms with Gasteiger partial charge in [-0.3, -0.25) is 4.79 Å². The second-order valence-electron chi connectivity index (χ2n) is 5.39.